The van der Waals surface area contributed by atoms with Crippen LogP contribution in [0.2, 0.25) is 0 Å². The molecule has 2 aromatic rings. The topological polar surface area (TPSA) is 72.6 Å². The molecule has 3 aliphatic carbocycles. The normalized spacial score (nSPS) is 39.3. The van der Waals surface area contributed by atoms with Crippen molar-refractivity contribution in [3.8, 4) is 17.1 Å². The van der Waals surface area contributed by atoms with Gasteiger partial charge in [-0.2, -0.15) is 0 Å². The highest BCUT2D eigenvalue weighted by molar-refractivity contribution is 5.59. The Morgan fingerprint density at radius 2 is 1.91 bits per heavy atom. The van der Waals surface area contributed by atoms with E-state index in [9.17, 15) is 9.90 Å². The molecule has 3 heterocycles. The van der Waals surface area contributed by atoms with Crippen molar-refractivity contribution in [2.45, 2.75) is 84.8 Å². The number of aliphatic hydroxyl groups excluding tert-OH is 1. The van der Waals surface area contributed by atoms with Gasteiger partial charge in [-0.1, -0.05) is 33.8 Å². The van der Waals surface area contributed by atoms with Crippen LogP contribution in [0.15, 0.2) is 51.5 Å². The number of aromatic nitrogens is 1. The zero-order valence-electron chi connectivity index (χ0n) is 21.6. The summed E-state index contributed by atoms with van der Waals surface area (Å²) in [5, 5.41) is 10.9. The second kappa shape index (κ2) is 7.32. The molecule has 0 bridgehead atoms. The Morgan fingerprint density at radius 1 is 1.11 bits per heavy atom. The first-order chi connectivity index (χ1) is 16.5. The molecule has 0 saturated heterocycles. The third kappa shape index (κ3) is 2.91. The molecule has 1 aliphatic heterocycles. The first-order valence-electron chi connectivity index (χ1n) is 13.1. The fourth-order valence-corrected chi connectivity index (χ4v) is 8.87. The van der Waals surface area contributed by atoms with Crippen LogP contribution < -0.4 is 10.4 Å². The van der Waals surface area contributed by atoms with Crippen molar-refractivity contribution in [2.75, 3.05) is 0 Å². The van der Waals surface area contributed by atoms with E-state index in [2.05, 4.69) is 45.7 Å². The van der Waals surface area contributed by atoms with Crippen LogP contribution >= 0.6 is 0 Å². The number of ether oxygens (including phenoxy) is 1. The first kappa shape index (κ1) is 23.0. The number of aliphatic hydroxyl groups is 1. The van der Waals surface area contributed by atoms with E-state index in [0.717, 1.165) is 37.7 Å². The zero-order valence-corrected chi connectivity index (χ0v) is 21.6. The Kier molecular flexibility index (Phi) is 4.81. The van der Waals surface area contributed by atoms with Gasteiger partial charge in [0.05, 0.1) is 11.7 Å². The molecule has 0 unspecified atom stereocenters. The van der Waals surface area contributed by atoms with Gasteiger partial charge in [0, 0.05) is 35.9 Å². The standard InChI is InChI=1S/C30H37NO4/c1-18-8-9-24-28(4)12-11-25(32)27(2,3)23(28)10-13-29(24,5)30(18)16-20-22(35-30)15-21(34-26(20)33)19-7-6-14-31-17-19/h6-8,14-15,17,23-25,32H,9-13,16H2,1-5H3/t23-,24+,25-,28-,29+,30-/m0/s1. The zero-order chi connectivity index (χ0) is 24.8. The second-order valence-electron chi connectivity index (χ2n) is 12.7. The van der Waals surface area contributed by atoms with Crippen LogP contribution in [0.5, 0.6) is 5.75 Å². The lowest BCUT2D eigenvalue weighted by molar-refractivity contribution is -0.204. The molecule has 2 aromatic heterocycles. The van der Waals surface area contributed by atoms with Crippen LogP contribution in [0.4, 0.5) is 0 Å². The molecule has 0 amide bonds. The highest BCUT2D eigenvalue weighted by atomic mass is 16.5. The Balaban J connectivity index is 1.44. The summed E-state index contributed by atoms with van der Waals surface area (Å²) in [5.41, 5.74) is 1.70. The van der Waals surface area contributed by atoms with E-state index in [0.29, 0.717) is 35.3 Å². The van der Waals surface area contributed by atoms with E-state index in [1.807, 2.05) is 18.2 Å². The quantitative estimate of drug-likeness (QED) is 0.517. The predicted molar refractivity (Wildman–Crippen MR) is 135 cm³/mol. The fraction of sp³-hybridized carbons (Fsp3) is 0.600. The number of pyridine rings is 1. The Morgan fingerprint density at radius 3 is 2.66 bits per heavy atom. The van der Waals surface area contributed by atoms with Crippen LogP contribution in [0.25, 0.3) is 11.3 Å². The molecule has 2 fully saturated rings. The van der Waals surface area contributed by atoms with Crippen LogP contribution in [-0.2, 0) is 6.42 Å². The van der Waals surface area contributed by atoms with Gasteiger partial charge in [0.25, 0.3) is 0 Å². The van der Waals surface area contributed by atoms with Crippen LogP contribution in [0, 0.1) is 28.1 Å². The maximum absolute atomic E-state index is 13.2. The summed E-state index contributed by atoms with van der Waals surface area (Å²) in [5.74, 6) is 2.04. The average molecular weight is 476 g/mol. The average Bonchev–Trinajstić information content (AvgIpc) is 3.23. The summed E-state index contributed by atoms with van der Waals surface area (Å²) in [6.07, 6.45) is 11.1. The Bertz CT molecular complexity index is 1260. The van der Waals surface area contributed by atoms with Crippen LogP contribution in [0.3, 0.4) is 0 Å². The predicted octanol–water partition coefficient (Wildman–Crippen LogP) is 5.95. The lowest BCUT2D eigenvalue weighted by atomic mass is 9.38. The maximum atomic E-state index is 13.2. The molecular weight excluding hydrogens is 438 g/mol. The summed E-state index contributed by atoms with van der Waals surface area (Å²) >= 11 is 0. The molecule has 0 aromatic carbocycles. The first-order valence-corrected chi connectivity index (χ1v) is 13.1. The molecular formula is C30H37NO4. The largest absolute Gasteiger partial charge is 0.481 e. The fourth-order valence-electron chi connectivity index (χ4n) is 8.87. The van der Waals surface area contributed by atoms with E-state index in [4.69, 9.17) is 9.15 Å². The number of rotatable bonds is 1. The van der Waals surface area contributed by atoms with E-state index in [-0.39, 0.29) is 28.0 Å². The SMILES string of the molecule is CC1=CC[C@@H]2[C@@]3(C)CC[C@H](O)C(C)(C)[C@@H]3CC[C@@]2(C)[C@]12Cc1c(cc(-c3cccnc3)oc1=O)O2. The van der Waals surface area contributed by atoms with Crippen LogP contribution in [-0.4, -0.2) is 21.8 Å². The summed E-state index contributed by atoms with van der Waals surface area (Å²) in [6, 6.07) is 5.62. The lowest BCUT2D eigenvalue weighted by Gasteiger charge is -2.67. The summed E-state index contributed by atoms with van der Waals surface area (Å²) in [4.78, 5) is 17.4. The molecule has 1 N–H and O–H groups in total. The van der Waals surface area contributed by atoms with Gasteiger partial charge in [0.2, 0.25) is 0 Å². The van der Waals surface area contributed by atoms with Gasteiger partial charge >= 0.3 is 5.63 Å². The van der Waals surface area contributed by atoms with Gasteiger partial charge in [-0.25, -0.2) is 4.79 Å². The van der Waals surface area contributed by atoms with E-state index in [1.54, 1.807) is 12.4 Å². The Hall–Kier alpha value is -2.40. The lowest BCUT2D eigenvalue weighted by Crippen LogP contribution is -2.66. The van der Waals surface area contributed by atoms with Gasteiger partial charge in [-0.05, 0) is 79.4 Å². The van der Waals surface area contributed by atoms with Gasteiger partial charge in [-0.15, -0.1) is 0 Å². The highest BCUT2D eigenvalue weighted by Crippen LogP contribution is 2.70. The van der Waals surface area contributed by atoms with Crippen molar-refractivity contribution >= 4 is 0 Å². The molecule has 6 atom stereocenters. The smallest absolute Gasteiger partial charge is 0.343 e. The minimum absolute atomic E-state index is 0.100. The number of fused-ring (bicyclic) bond motifs is 5. The molecule has 1 spiro atoms. The van der Waals surface area contributed by atoms with Crippen molar-refractivity contribution in [1.29, 1.82) is 0 Å². The van der Waals surface area contributed by atoms with Crippen LogP contribution in [0.1, 0.15) is 72.3 Å². The molecule has 186 valence electrons. The minimum atomic E-state index is -0.547. The van der Waals surface area contributed by atoms with Gasteiger partial charge in [-0.3, -0.25) is 4.98 Å². The monoisotopic (exact) mass is 475 g/mol. The maximum Gasteiger partial charge on any atom is 0.343 e. The van der Waals surface area contributed by atoms with Gasteiger partial charge in [0.1, 0.15) is 17.1 Å². The summed E-state index contributed by atoms with van der Waals surface area (Å²) in [7, 11) is 0. The number of hydrogen-bond acceptors (Lipinski definition) is 5. The molecule has 5 nitrogen and oxygen atoms in total. The van der Waals surface area contributed by atoms with Gasteiger partial charge in [0.15, 0.2) is 0 Å². The third-order valence-corrected chi connectivity index (χ3v) is 10.9. The second-order valence-corrected chi connectivity index (χ2v) is 12.7. The molecule has 0 radical (unpaired) electrons. The minimum Gasteiger partial charge on any atom is -0.481 e. The highest BCUT2D eigenvalue weighted by Gasteiger charge is 2.68. The number of allylic oxidation sites excluding steroid dienone is 1. The molecule has 2 saturated carbocycles. The van der Waals surface area contributed by atoms with E-state index >= 15 is 0 Å². The molecule has 4 aliphatic rings. The van der Waals surface area contributed by atoms with Gasteiger partial charge < -0.3 is 14.3 Å². The van der Waals surface area contributed by atoms with Crippen molar-refractivity contribution < 1.29 is 14.3 Å². The Labute approximate surface area is 207 Å². The number of hydrogen-bond donors (Lipinski definition) is 1. The van der Waals surface area contributed by atoms with E-state index in [1.165, 1.54) is 5.57 Å². The molecule has 35 heavy (non-hydrogen) atoms. The van der Waals surface area contributed by atoms with E-state index < -0.39 is 5.60 Å². The van der Waals surface area contributed by atoms with Crippen molar-refractivity contribution in [1.82, 2.24) is 4.98 Å². The van der Waals surface area contributed by atoms with Crippen molar-refractivity contribution in [3.05, 3.63) is 58.2 Å². The third-order valence-electron chi connectivity index (χ3n) is 10.9. The summed E-state index contributed by atoms with van der Waals surface area (Å²) in [6.45, 7) is 11.6. The summed E-state index contributed by atoms with van der Waals surface area (Å²) < 4.78 is 12.7. The van der Waals surface area contributed by atoms with Crippen molar-refractivity contribution in [3.63, 3.8) is 0 Å². The van der Waals surface area contributed by atoms with Crippen molar-refractivity contribution in [2.24, 2.45) is 28.1 Å². The molecule has 6 rings (SSSR count). The number of nitrogens with zero attached hydrogens (tertiary/aromatic N) is 1. The molecule has 5 heteroatoms.